The Morgan fingerprint density at radius 1 is 1.45 bits per heavy atom. The molecule has 108 valence electrons. The van der Waals surface area contributed by atoms with Crippen molar-refractivity contribution in [2.75, 3.05) is 6.61 Å². The Balaban J connectivity index is 1.80. The van der Waals surface area contributed by atoms with Crippen LogP contribution in [-0.2, 0) is 17.9 Å². The van der Waals surface area contributed by atoms with Crippen molar-refractivity contribution in [1.29, 1.82) is 0 Å². The second-order valence-corrected chi connectivity index (χ2v) is 4.93. The van der Waals surface area contributed by atoms with Gasteiger partial charge in [0.15, 0.2) is 0 Å². The van der Waals surface area contributed by atoms with E-state index in [2.05, 4.69) is 5.10 Å². The molecule has 0 radical (unpaired) electrons. The maximum absolute atomic E-state index is 13.3. The number of hydrogen-bond acceptors (Lipinski definition) is 3. The van der Waals surface area contributed by atoms with Crippen molar-refractivity contribution >= 4 is 11.6 Å². The maximum atomic E-state index is 13.3. The number of ether oxygens (including phenoxy) is 1. The van der Waals surface area contributed by atoms with E-state index < -0.39 is 6.10 Å². The molecule has 1 atom stereocenters. The maximum Gasteiger partial charge on any atom is 0.128 e. The van der Waals surface area contributed by atoms with Gasteiger partial charge < -0.3 is 9.84 Å². The number of rotatable bonds is 6. The minimum absolute atomic E-state index is 0.102. The zero-order valence-electron chi connectivity index (χ0n) is 11.1. The first kappa shape index (κ1) is 15.0. The van der Waals surface area contributed by atoms with Gasteiger partial charge in [-0.05, 0) is 13.0 Å². The number of benzene rings is 1. The summed E-state index contributed by atoms with van der Waals surface area (Å²) in [5.41, 5.74) is 1.26. The summed E-state index contributed by atoms with van der Waals surface area (Å²) in [5.74, 6) is -0.309. The Morgan fingerprint density at radius 3 is 2.85 bits per heavy atom. The highest BCUT2D eigenvalue weighted by atomic mass is 35.5. The van der Waals surface area contributed by atoms with E-state index in [1.807, 2.05) is 6.92 Å². The first-order valence-electron chi connectivity index (χ1n) is 6.25. The summed E-state index contributed by atoms with van der Waals surface area (Å²) >= 11 is 5.88. The summed E-state index contributed by atoms with van der Waals surface area (Å²) in [7, 11) is 0. The third-order valence-corrected chi connectivity index (χ3v) is 3.32. The van der Waals surface area contributed by atoms with Gasteiger partial charge in [-0.2, -0.15) is 5.10 Å². The monoisotopic (exact) mass is 298 g/mol. The van der Waals surface area contributed by atoms with Crippen LogP contribution in [0, 0.1) is 12.7 Å². The second-order valence-electron chi connectivity index (χ2n) is 4.52. The Morgan fingerprint density at radius 2 is 2.20 bits per heavy atom. The fraction of sp³-hybridized carbons (Fsp3) is 0.357. The van der Waals surface area contributed by atoms with Gasteiger partial charge in [0.05, 0.1) is 42.8 Å². The average molecular weight is 299 g/mol. The van der Waals surface area contributed by atoms with E-state index in [-0.39, 0.29) is 25.6 Å². The summed E-state index contributed by atoms with van der Waals surface area (Å²) in [6, 6.07) is 6.40. The molecule has 0 fully saturated rings. The number of halogens is 2. The molecule has 1 aromatic heterocycles. The molecule has 4 nitrogen and oxygen atoms in total. The number of aliphatic hydroxyl groups is 1. The number of aliphatic hydroxyl groups excluding tert-OH is 1. The molecule has 0 spiro atoms. The summed E-state index contributed by atoms with van der Waals surface area (Å²) in [6.07, 6.45) is 0.806. The van der Waals surface area contributed by atoms with Crippen LogP contribution in [0.2, 0.25) is 5.02 Å². The van der Waals surface area contributed by atoms with E-state index >= 15 is 0 Å². The molecule has 0 amide bonds. The molecule has 1 heterocycles. The molecule has 0 aliphatic heterocycles. The van der Waals surface area contributed by atoms with Crippen LogP contribution in [0.4, 0.5) is 4.39 Å². The van der Waals surface area contributed by atoms with Crippen LogP contribution in [0.15, 0.2) is 30.5 Å². The fourth-order valence-corrected chi connectivity index (χ4v) is 1.92. The molecule has 1 aromatic carbocycles. The molecule has 1 unspecified atom stereocenters. The highest BCUT2D eigenvalue weighted by molar-refractivity contribution is 6.31. The lowest BCUT2D eigenvalue weighted by Gasteiger charge is -2.13. The van der Waals surface area contributed by atoms with Crippen LogP contribution >= 0.6 is 11.6 Å². The van der Waals surface area contributed by atoms with Crippen LogP contribution in [0.3, 0.4) is 0 Å². The summed E-state index contributed by atoms with van der Waals surface area (Å²) < 4.78 is 20.3. The predicted molar refractivity (Wildman–Crippen MR) is 74.0 cm³/mol. The molecular formula is C14H16ClFN2O2. The molecule has 0 saturated heterocycles. The van der Waals surface area contributed by atoms with Crippen LogP contribution in [0.25, 0.3) is 0 Å². The lowest BCUT2D eigenvalue weighted by Crippen LogP contribution is -2.23. The van der Waals surface area contributed by atoms with Gasteiger partial charge in [0, 0.05) is 5.56 Å². The van der Waals surface area contributed by atoms with Crippen molar-refractivity contribution in [2.24, 2.45) is 0 Å². The Kier molecular flexibility index (Phi) is 5.11. The van der Waals surface area contributed by atoms with Gasteiger partial charge in [0.25, 0.3) is 0 Å². The largest absolute Gasteiger partial charge is 0.389 e. The molecule has 0 aliphatic rings. The van der Waals surface area contributed by atoms with Crippen LogP contribution in [0.1, 0.15) is 11.3 Å². The van der Waals surface area contributed by atoms with Crippen molar-refractivity contribution in [2.45, 2.75) is 26.2 Å². The van der Waals surface area contributed by atoms with Gasteiger partial charge in [-0.25, -0.2) is 4.39 Å². The SMILES string of the molecule is Cc1c(Cl)cnn1CC(O)COCc1ccccc1F. The molecule has 1 N–H and O–H groups in total. The van der Waals surface area contributed by atoms with Gasteiger partial charge in [-0.3, -0.25) is 4.68 Å². The summed E-state index contributed by atoms with van der Waals surface area (Å²) in [4.78, 5) is 0. The fourth-order valence-electron chi connectivity index (χ4n) is 1.78. The Hall–Kier alpha value is -1.43. The topological polar surface area (TPSA) is 47.3 Å². The van der Waals surface area contributed by atoms with Gasteiger partial charge in [0.2, 0.25) is 0 Å². The average Bonchev–Trinajstić information content (AvgIpc) is 2.73. The molecule has 20 heavy (non-hydrogen) atoms. The zero-order chi connectivity index (χ0) is 14.5. The van der Waals surface area contributed by atoms with Gasteiger partial charge in [-0.15, -0.1) is 0 Å². The van der Waals surface area contributed by atoms with Crippen molar-refractivity contribution < 1.29 is 14.2 Å². The smallest absolute Gasteiger partial charge is 0.128 e. The van der Waals surface area contributed by atoms with Gasteiger partial charge >= 0.3 is 0 Å². The third-order valence-electron chi connectivity index (χ3n) is 2.95. The van der Waals surface area contributed by atoms with Crippen LogP contribution in [0.5, 0.6) is 0 Å². The summed E-state index contributed by atoms with van der Waals surface area (Å²) in [6.45, 7) is 2.34. The molecule has 2 aromatic rings. The van der Waals surface area contributed by atoms with Crippen molar-refractivity contribution in [3.05, 3.63) is 52.6 Å². The Bertz CT molecular complexity index is 574. The van der Waals surface area contributed by atoms with E-state index in [0.717, 1.165) is 5.69 Å². The van der Waals surface area contributed by atoms with Crippen molar-refractivity contribution in [3.63, 3.8) is 0 Å². The standard InChI is InChI=1S/C14H16ClFN2O2/c1-10-13(15)6-17-18(10)7-12(19)9-20-8-11-4-2-3-5-14(11)16/h2-6,12,19H,7-9H2,1H3. The number of aromatic nitrogens is 2. The Labute approximate surface area is 121 Å². The van der Waals surface area contributed by atoms with E-state index in [9.17, 15) is 9.50 Å². The number of hydrogen-bond donors (Lipinski definition) is 1. The van der Waals surface area contributed by atoms with Crippen molar-refractivity contribution in [1.82, 2.24) is 9.78 Å². The molecule has 0 aliphatic carbocycles. The lowest BCUT2D eigenvalue weighted by molar-refractivity contribution is 0.0175. The van der Waals surface area contributed by atoms with E-state index in [1.54, 1.807) is 22.9 Å². The predicted octanol–water partition coefficient (Wildman–Crippen LogP) is 2.56. The molecular weight excluding hydrogens is 283 g/mol. The normalized spacial score (nSPS) is 12.6. The summed E-state index contributed by atoms with van der Waals surface area (Å²) in [5, 5.41) is 14.5. The minimum Gasteiger partial charge on any atom is -0.389 e. The minimum atomic E-state index is -0.726. The number of nitrogens with zero attached hydrogens (tertiary/aromatic N) is 2. The lowest BCUT2D eigenvalue weighted by atomic mass is 10.2. The van der Waals surface area contributed by atoms with E-state index in [4.69, 9.17) is 16.3 Å². The molecule has 0 bridgehead atoms. The first-order valence-corrected chi connectivity index (χ1v) is 6.63. The third kappa shape index (κ3) is 3.79. The van der Waals surface area contributed by atoms with Crippen LogP contribution < -0.4 is 0 Å². The van der Waals surface area contributed by atoms with Crippen molar-refractivity contribution in [3.8, 4) is 0 Å². The highest BCUT2D eigenvalue weighted by Gasteiger charge is 2.10. The van der Waals surface area contributed by atoms with E-state index in [0.29, 0.717) is 10.6 Å². The van der Waals surface area contributed by atoms with E-state index in [1.165, 1.54) is 12.3 Å². The first-order chi connectivity index (χ1) is 9.58. The van der Waals surface area contributed by atoms with Crippen LogP contribution in [-0.4, -0.2) is 27.6 Å². The van der Waals surface area contributed by atoms with Gasteiger partial charge in [-0.1, -0.05) is 29.8 Å². The highest BCUT2D eigenvalue weighted by Crippen LogP contribution is 2.13. The molecule has 2 rings (SSSR count). The molecule has 6 heteroatoms. The zero-order valence-corrected chi connectivity index (χ0v) is 11.8. The molecule has 0 saturated carbocycles. The van der Waals surface area contributed by atoms with Gasteiger partial charge in [0.1, 0.15) is 5.82 Å². The second kappa shape index (κ2) is 6.83. The quantitative estimate of drug-likeness (QED) is 0.891.